The molecule has 2 aromatic rings. The van der Waals surface area contributed by atoms with Gasteiger partial charge in [0.2, 0.25) is 0 Å². The van der Waals surface area contributed by atoms with E-state index < -0.39 is 6.35 Å². The first-order chi connectivity index (χ1) is 16.4. The Hall–Kier alpha value is -1.96. The van der Waals surface area contributed by atoms with Gasteiger partial charge in [0.1, 0.15) is 5.75 Å². The molecule has 0 aromatic heterocycles. The largest absolute Gasteiger partial charge is 0.497 e. The summed E-state index contributed by atoms with van der Waals surface area (Å²) in [5.41, 5.74) is 2.61. The average Bonchev–Trinajstić information content (AvgIpc) is 3.11. The third-order valence-electron chi connectivity index (χ3n) is 8.18. The molecule has 6 heteroatoms. The molecule has 0 amide bonds. The van der Waals surface area contributed by atoms with E-state index in [0.717, 1.165) is 57.5 Å². The molecule has 6 nitrogen and oxygen atoms in total. The Balaban J connectivity index is 1.55. The summed E-state index contributed by atoms with van der Waals surface area (Å²) in [6.45, 7) is 3.16. The predicted octanol–water partition coefficient (Wildman–Crippen LogP) is 3.90. The van der Waals surface area contributed by atoms with Crippen LogP contribution in [0, 0.1) is 0 Å². The first-order valence-corrected chi connectivity index (χ1v) is 12.5. The third-order valence-corrected chi connectivity index (χ3v) is 8.18. The van der Waals surface area contributed by atoms with E-state index in [1.165, 1.54) is 11.1 Å². The fourth-order valence-corrected chi connectivity index (χ4v) is 6.14. The van der Waals surface area contributed by atoms with Crippen LogP contribution in [0.15, 0.2) is 54.6 Å². The van der Waals surface area contributed by atoms with Gasteiger partial charge in [0.25, 0.3) is 0 Å². The Morgan fingerprint density at radius 2 is 1.65 bits per heavy atom. The van der Waals surface area contributed by atoms with Crippen LogP contribution >= 0.6 is 0 Å². The van der Waals surface area contributed by atoms with Gasteiger partial charge in [0.15, 0.2) is 6.35 Å². The first-order valence-electron chi connectivity index (χ1n) is 12.5. The summed E-state index contributed by atoms with van der Waals surface area (Å²) in [7, 11) is 7.85. The van der Waals surface area contributed by atoms with Crippen molar-refractivity contribution in [2.45, 2.75) is 56.1 Å². The highest BCUT2D eigenvalue weighted by molar-refractivity contribution is 5.28. The maximum atomic E-state index is 11.5. The summed E-state index contributed by atoms with van der Waals surface area (Å²) >= 11 is 0. The molecule has 1 N–H and O–H groups in total. The molecule has 2 aromatic carbocycles. The quantitative estimate of drug-likeness (QED) is 0.565. The Labute approximate surface area is 205 Å². The minimum atomic E-state index is -0.581. The number of rotatable bonds is 9. The molecule has 1 aliphatic carbocycles. The van der Waals surface area contributed by atoms with Gasteiger partial charge in [-0.25, -0.2) is 0 Å². The zero-order chi connectivity index (χ0) is 24.2. The molecule has 1 unspecified atom stereocenters. The average molecular weight is 468 g/mol. The minimum Gasteiger partial charge on any atom is -0.497 e. The van der Waals surface area contributed by atoms with Gasteiger partial charge in [-0.15, -0.1) is 0 Å². The molecule has 2 fully saturated rings. The zero-order valence-electron chi connectivity index (χ0n) is 21.2. The molecule has 0 radical (unpaired) electrons. The molecule has 1 atom stereocenters. The van der Waals surface area contributed by atoms with Crippen LogP contribution in [0.4, 0.5) is 0 Å². The van der Waals surface area contributed by atoms with E-state index >= 15 is 0 Å². The number of aliphatic hydroxyl groups excluding tert-OH is 1. The van der Waals surface area contributed by atoms with Crippen LogP contribution in [0.3, 0.4) is 0 Å². The fraction of sp³-hybridized carbons (Fsp3) is 0.571. The first kappa shape index (κ1) is 25.1. The summed E-state index contributed by atoms with van der Waals surface area (Å²) in [5, 5.41) is 11.5. The van der Waals surface area contributed by atoms with Gasteiger partial charge >= 0.3 is 0 Å². The van der Waals surface area contributed by atoms with Crippen LogP contribution < -0.4 is 4.74 Å². The van der Waals surface area contributed by atoms with Crippen LogP contribution in [-0.4, -0.2) is 79.7 Å². The highest BCUT2D eigenvalue weighted by Gasteiger charge is 2.54. The van der Waals surface area contributed by atoms with Crippen molar-refractivity contribution in [3.63, 3.8) is 0 Å². The normalized spacial score (nSPS) is 28.1. The van der Waals surface area contributed by atoms with Crippen LogP contribution in [-0.2, 0) is 16.8 Å². The zero-order valence-corrected chi connectivity index (χ0v) is 21.2. The molecule has 4 rings (SSSR count). The van der Waals surface area contributed by atoms with E-state index in [9.17, 15) is 5.11 Å². The van der Waals surface area contributed by atoms with Crippen LogP contribution in [0.2, 0.25) is 0 Å². The van der Waals surface area contributed by atoms with Crippen molar-refractivity contribution in [3.8, 4) is 5.75 Å². The summed E-state index contributed by atoms with van der Waals surface area (Å²) in [6.07, 6.45) is 4.61. The number of hydrogen-bond donors (Lipinski definition) is 1. The Bertz CT molecular complexity index is 895. The lowest BCUT2D eigenvalue weighted by Crippen LogP contribution is -2.56. The van der Waals surface area contributed by atoms with Crippen molar-refractivity contribution >= 4 is 0 Å². The molecule has 0 bridgehead atoms. The number of methoxy groups -OCH3 is 2. The summed E-state index contributed by atoms with van der Waals surface area (Å²) in [6, 6.07) is 19.1. The second kappa shape index (κ2) is 10.8. The van der Waals surface area contributed by atoms with Crippen molar-refractivity contribution in [3.05, 3.63) is 65.7 Å². The lowest BCUT2D eigenvalue weighted by atomic mass is 9.68. The fourth-order valence-electron chi connectivity index (χ4n) is 6.14. The molecule has 34 heavy (non-hydrogen) atoms. The van der Waals surface area contributed by atoms with E-state index in [0.29, 0.717) is 6.61 Å². The topological polar surface area (TPSA) is 48.4 Å². The van der Waals surface area contributed by atoms with Gasteiger partial charge in [-0.05, 0) is 69.5 Å². The van der Waals surface area contributed by atoms with Crippen molar-refractivity contribution in [2.24, 2.45) is 0 Å². The molecular weight excluding hydrogens is 426 g/mol. The Morgan fingerprint density at radius 1 is 0.971 bits per heavy atom. The standard InChI is InChI=1S/C28H41N3O3/c1-29(2)28(24-9-6-5-7-10-24)17-15-27(16-18-28)22-30(26(32)31(27)19-8-20-33-3)21-23-11-13-25(34-4)14-12-23/h5-7,9-14,26,32H,8,15-22H2,1-4H3/t26?,27-,28+. The van der Waals surface area contributed by atoms with Crippen molar-refractivity contribution < 1.29 is 14.6 Å². The number of benzene rings is 2. The summed E-state index contributed by atoms with van der Waals surface area (Å²) in [5.74, 6) is 0.858. The molecule has 186 valence electrons. The Kier molecular flexibility index (Phi) is 7.95. The summed E-state index contributed by atoms with van der Waals surface area (Å²) in [4.78, 5) is 7.00. The molecule has 1 heterocycles. The van der Waals surface area contributed by atoms with Gasteiger partial charge in [-0.3, -0.25) is 14.7 Å². The molecular formula is C28H41N3O3. The highest BCUT2D eigenvalue weighted by atomic mass is 16.5. The molecule has 1 spiro atoms. The third kappa shape index (κ3) is 4.88. The minimum absolute atomic E-state index is 0.0199. The monoisotopic (exact) mass is 467 g/mol. The van der Waals surface area contributed by atoms with Gasteiger partial charge < -0.3 is 14.6 Å². The number of hydrogen-bond acceptors (Lipinski definition) is 6. The van der Waals surface area contributed by atoms with Gasteiger partial charge in [-0.2, -0.15) is 0 Å². The number of aliphatic hydroxyl groups is 1. The van der Waals surface area contributed by atoms with Crippen LogP contribution in [0.25, 0.3) is 0 Å². The van der Waals surface area contributed by atoms with Gasteiger partial charge in [-0.1, -0.05) is 42.5 Å². The van der Waals surface area contributed by atoms with Crippen molar-refractivity contribution in [2.75, 3.05) is 48.0 Å². The smallest absolute Gasteiger partial charge is 0.166 e. The van der Waals surface area contributed by atoms with Crippen molar-refractivity contribution in [1.82, 2.24) is 14.7 Å². The SMILES string of the molecule is COCCCN1C(O)N(Cc2ccc(OC)cc2)C[C@]12CC[C@](c1ccccc1)(N(C)C)CC2. The van der Waals surface area contributed by atoms with Crippen LogP contribution in [0.1, 0.15) is 43.2 Å². The van der Waals surface area contributed by atoms with E-state index in [4.69, 9.17) is 9.47 Å². The molecule has 1 aliphatic heterocycles. The maximum Gasteiger partial charge on any atom is 0.166 e. The number of nitrogens with zero attached hydrogens (tertiary/aromatic N) is 3. The van der Waals surface area contributed by atoms with Gasteiger partial charge in [0.05, 0.1) is 7.11 Å². The number of ether oxygens (including phenoxy) is 2. The van der Waals surface area contributed by atoms with Gasteiger partial charge in [0, 0.05) is 44.4 Å². The van der Waals surface area contributed by atoms with E-state index in [-0.39, 0.29) is 11.1 Å². The Morgan fingerprint density at radius 3 is 2.24 bits per heavy atom. The van der Waals surface area contributed by atoms with Crippen LogP contribution in [0.5, 0.6) is 5.75 Å². The second-order valence-corrected chi connectivity index (χ2v) is 10.2. The molecule has 2 aliphatic rings. The van der Waals surface area contributed by atoms with Crippen molar-refractivity contribution in [1.29, 1.82) is 0 Å². The second-order valence-electron chi connectivity index (χ2n) is 10.2. The highest BCUT2D eigenvalue weighted by Crippen LogP contribution is 2.49. The van der Waals surface area contributed by atoms with E-state index in [1.807, 2.05) is 12.1 Å². The molecule has 1 saturated carbocycles. The van der Waals surface area contributed by atoms with E-state index in [1.54, 1.807) is 14.2 Å². The summed E-state index contributed by atoms with van der Waals surface area (Å²) < 4.78 is 10.6. The lowest BCUT2D eigenvalue weighted by Gasteiger charge is -2.51. The lowest BCUT2D eigenvalue weighted by molar-refractivity contribution is -0.0954. The predicted molar refractivity (Wildman–Crippen MR) is 136 cm³/mol. The van der Waals surface area contributed by atoms with E-state index in [2.05, 4.69) is 71.3 Å². The maximum absolute atomic E-state index is 11.5. The molecule has 1 saturated heterocycles.